The van der Waals surface area contributed by atoms with Crippen molar-refractivity contribution >= 4 is 0 Å². The molecular formula is C16H31N. The standard InChI is InChI=1S/C16H31N/c17-16-12-10-15(11-13-16)14-8-6-4-2-1-3-5-7-9-14/h14-16H,1-13,17H2. The van der Waals surface area contributed by atoms with Crippen LogP contribution >= 0.6 is 0 Å². The minimum atomic E-state index is 0.519. The molecule has 2 rings (SSSR count). The molecule has 2 aliphatic rings. The molecule has 100 valence electrons. The van der Waals surface area contributed by atoms with Gasteiger partial charge in [-0.15, -0.1) is 0 Å². The van der Waals surface area contributed by atoms with E-state index in [1.54, 1.807) is 0 Å². The smallest absolute Gasteiger partial charge is 0.00390 e. The summed E-state index contributed by atoms with van der Waals surface area (Å²) in [5, 5.41) is 0. The van der Waals surface area contributed by atoms with E-state index in [2.05, 4.69) is 0 Å². The molecule has 2 N–H and O–H groups in total. The van der Waals surface area contributed by atoms with Gasteiger partial charge in [0.2, 0.25) is 0 Å². The van der Waals surface area contributed by atoms with Crippen LogP contribution in [0.5, 0.6) is 0 Å². The summed E-state index contributed by atoms with van der Waals surface area (Å²) < 4.78 is 0. The molecule has 0 bridgehead atoms. The Morgan fingerprint density at radius 1 is 0.471 bits per heavy atom. The Labute approximate surface area is 108 Å². The van der Waals surface area contributed by atoms with E-state index >= 15 is 0 Å². The summed E-state index contributed by atoms with van der Waals surface area (Å²) in [6, 6.07) is 0.519. The van der Waals surface area contributed by atoms with Crippen molar-refractivity contribution in [1.29, 1.82) is 0 Å². The first-order valence-corrected chi connectivity index (χ1v) is 8.12. The molecule has 2 aliphatic carbocycles. The summed E-state index contributed by atoms with van der Waals surface area (Å²) in [5.41, 5.74) is 6.03. The van der Waals surface area contributed by atoms with Crippen LogP contribution in [0.2, 0.25) is 0 Å². The number of nitrogens with two attached hydrogens (primary N) is 1. The highest BCUT2D eigenvalue weighted by atomic mass is 14.6. The Hall–Kier alpha value is -0.0400. The average Bonchev–Trinajstić information content (AvgIpc) is 2.37. The second-order valence-electron chi connectivity index (χ2n) is 6.49. The molecule has 17 heavy (non-hydrogen) atoms. The molecule has 0 amide bonds. The van der Waals surface area contributed by atoms with Crippen LogP contribution in [-0.2, 0) is 0 Å². The van der Waals surface area contributed by atoms with Gasteiger partial charge in [0, 0.05) is 6.04 Å². The van der Waals surface area contributed by atoms with Crippen molar-refractivity contribution < 1.29 is 0 Å². The zero-order valence-corrected chi connectivity index (χ0v) is 11.5. The molecule has 1 heteroatoms. The van der Waals surface area contributed by atoms with E-state index in [0.717, 1.165) is 11.8 Å². The first-order valence-electron chi connectivity index (χ1n) is 8.12. The second kappa shape index (κ2) is 7.41. The average molecular weight is 237 g/mol. The summed E-state index contributed by atoms with van der Waals surface area (Å²) in [6.45, 7) is 0. The van der Waals surface area contributed by atoms with E-state index in [1.165, 1.54) is 83.5 Å². The highest BCUT2D eigenvalue weighted by Crippen LogP contribution is 2.36. The van der Waals surface area contributed by atoms with E-state index < -0.39 is 0 Å². The van der Waals surface area contributed by atoms with E-state index in [1.807, 2.05) is 0 Å². The van der Waals surface area contributed by atoms with Gasteiger partial charge in [-0.25, -0.2) is 0 Å². The van der Waals surface area contributed by atoms with Crippen LogP contribution < -0.4 is 5.73 Å². The van der Waals surface area contributed by atoms with Gasteiger partial charge in [-0.2, -0.15) is 0 Å². The van der Waals surface area contributed by atoms with Gasteiger partial charge in [0.05, 0.1) is 0 Å². The van der Waals surface area contributed by atoms with Gasteiger partial charge in [-0.3, -0.25) is 0 Å². The topological polar surface area (TPSA) is 26.0 Å². The van der Waals surface area contributed by atoms with E-state index in [0.29, 0.717) is 6.04 Å². The summed E-state index contributed by atoms with van der Waals surface area (Å²) in [7, 11) is 0. The van der Waals surface area contributed by atoms with Crippen LogP contribution in [0.25, 0.3) is 0 Å². The van der Waals surface area contributed by atoms with Gasteiger partial charge in [0.25, 0.3) is 0 Å². The minimum Gasteiger partial charge on any atom is -0.328 e. The Morgan fingerprint density at radius 3 is 1.41 bits per heavy atom. The van der Waals surface area contributed by atoms with Crippen molar-refractivity contribution in [3.8, 4) is 0 Å². The maximum Gasteiger partial charge on any atom is 0.00390 e. The van der Waals surface area contributed by atoms with E-state index in [9.17, 15) is 0 Å². The van der Waals surface area contributed by atoms with Gasteiger partial charge in [-0.05, 0) is 37.5 Å². The van der Waals surface area contributed by atoms with Crippen LogP contribution in [0.15, 0.2) is 0 Å². The van der Waals surface area contributed by atoms with Gasteiger partial charge in [0.15, 0.2) is 0 Å². The molecule has 0 aromatic heterocycles. The maximum atomic E-state index is 6.03. The Bertz CT molecular complexity index is 184. The Morgan fingerprint density at radius 2 is 0.882 bits per heavy atom. The van der Waals surface area contributed by atoms with Gasteiger partial charge in [-0.1, -0.05) is 57.8 Å². The van der Waals surface area contributed by atoms with Gasteiger partial charge >= 0.3 is 0 Å². The SMILES string of the molecule is NC1CCC(C2CCCCCCCCC2)CC1. The van der Waals surface area contributed by atoms with Gasteiger partial charge < -0.3 is 5.73 Å². The molecule has 0 saturated heterocycles. The quantitative estimate of drug-likeness (QED) is 0.706. The van der Waals surface area contributed by atoms with Crippen molar-refractivity contribution in [3.05, 3.63) is 0 Å². The van der Waals surface area contributed by atoms with Crippen molar-refractivity contribution in [1.82, 2.24) is 0 Å². The lowest BCUT2D eigenvalue weighted by molar-refractivity contribution is 0.201. The first-order chi connectivity index (χ1) is 8.36. The zero-order valence-electron chi connectivity index (χ0n) is 11.5. The Balaban J connectivity index is 1.78. The molecule has 0 heterocycles. The van der Waals surface area contributed by atoms with Crippen LogP contribution in [0.1, 0.15) is 83.5 Å². The van der Waals surface area contributed by atoms with Crippen molar-refractivity contribution in [2.45, 2.75) is 89.5 Å². The third-order valence-corrected chi connectivity index (χ3v) is 5.13. The predicted molar refractivity (Wildman–Crippen MR) is 75.0 cm³/mol. The predicted octanol–water partition coefficient (Wildman–Crippen LogP) is 4.64. The molecule has 2 saturated carbocycles. The fourth-order valence-corrected chi connectivity index (χ4v) is 3.93. The lowest BCUT2D eigenvalue weighted by Gasteiger charge is -2.33. The summed E-state index contributed by atoms with van der Waals surface area (Å²) in [5.74, 6) is 2.06. The van der Waals surface area contributed by atoms with Crippen LogP contribution in [-0.4, -0.2) is 6.04 Å². The van der Waals surface area contributed by atoms with Crippen molar-refractivity contribution in [2.75, 3.05) is 0 Å². The van der Waals surface area contributed by atoms with Crippen molar-refractivity contribution in [2.24, 2.45) is 17.6 Å². The summed E-state index contributed by atoms with van der Waals surface area (Å²) >= 11 is 0. The molecule has 0 aromatic rings. The molecule has 2 fully saturated rings. The minimum absolute atomic E-state index is 0.519. The normalized spacial score (nSPS) is 34.4. The third-order valence-electron chi connectivity index (χ3n) is 5.13. The fourth-order valence-electron chi connectivity index (χ4n) is 3.93. The lowest BCUT2D eigenvalue weighted by atomic mass is 9.74. The van der Waals surface area contributed by atoms with E-state index in [-0.39, 0.29) is 0 Å². The monoisotopic (exact) mass is 237 g/mol. The maximum absolute atomic E-state index is 6.03. The number of hydrogen-bond donors (Lipinski definition) is 1. The second-order valence-corrected chi connectivity index (χ2v) is 6.49. The highest BCUT2D eigenvalue weighted by Gasteiger charge is 2.25. The highest BCUT2D eigenvalue weighted by molar-refractivity contribution is 4.79. The lowest BCUT2D eigenvalue weighted by Crippen LogP contribution is -2.29. The largest absolute Gasteiger partial charge is 0.328 e. The molecule has 0 atom stereocenters. The number of rotatable bonds is 1. The van der Waals surface area contributed by atoms with E-state index in [4.69, 9.17) is 5.73 Å². The number of hydrogen-bond acceptors (Lipinski definition) is 1. The fraction of sp³-hybridized carbons (Fsp3) is 1.00. The zero-order chi connectivity index (χ0) is 11.9. The van der Waals surface area contributed by atoms with Crippen LogP contribution in [0.4, 0.5) is 0 Å². The molecule has 1 nitrogen and oxygen atoms in total. The first kappa shape index (κ1) is 13.4. The molecule has 0 radical (unpaired) electrons. The van der Waals surface area contributed by atoms with Gasteiger partial charge in [0.1, 0.15) is 0 Å². The molecule has 0 unspecified atom stereocenters. The Kier molecular flexibility index (Phi) is 5.84. The summed E-state index contributed by atoms with van der Waals surface area (Å²) in [4.78, 5) is 0. The van der Waals surface area contributed by atoms with Crippen LogP contribution in [0, 0.1) is 11.8 Å². The third kappa shape index (κ3) is 4.62. The summed E-state index contributed by atoms with van der Waals surface area (Å²) in [6.07, 6.45) is 18.9. The molecule has 0 aromatic carbocycles. The van der Waals surface area contributed by atoms with Crippen LogP contribution in [0.3, 0.4) is 0 Å². The molecular weight excluding hydrogens is 206 g/mol. The molecule has 0 aliphatic heterocycles. The molecule has 0 spiro atoms. The van der Waals surface area contributed by atoms with Crippen molar-refractivity contribution in [3.63, 3.8) is 0 Å².